The number of halogens is 3. The van der Waals surface area contributed by atoms with E-state index in [0.29, 0.717) is 10.4 Å². The van der Waals surface area contributed by atoms with Gasteiger partial charge in [-0.15, -0.1) is 11.3 Å². The molecule has 7 heteroatoms. The van der Waals surface area contributed by atoms with E-state index in [4.69, 9.17) is 10.5 Å². The molecule has 3 nitrogen and oxygen atoms in total. The van der Waals surface area contributed by atoms with Crippen LogP contribution in [0.1, 0.15) is 41.1 Å². The summed E-state index contributed by atoms with van der Waals surface area (Å²) in [4.78, 5) is 12.5. The minimum atomic E-state index is -4.20. The fourth-order valence-electron chi connectivity index (χ4n) is 2.38. The molecular formula is C13H16F3NO2S. The van der Waals surface area contributed by atoms with Crippen molar-refractivity contribution in [3.05, 3.63) is 16.0 Å². The third kappa shape index (κ3) is 2.92. The van der Waals surface area contributed by atoms with Crippen LogP contribution in [-0.4, -0.2) is 18.2 Å². The number of hydrogen-bond donors (Lipinski definition) is 1. The number of carbonyl (C=O) groups is 1. The van der Waals surface area contributed by atoms with Crippen LogP contribution in [0.2, 0.25) is 0 Å². The van der Waals surface area contributed by atoms with Crippen LogP contribution >= 0.6 is 11.3 Å². The number of esters is 1. The number of fused-ring (bicyclic) bond motifs is 1. The van der Waals surface area contributed by atoms with Crippen molar-refractivity contribution in [2.45, 2.75) is 45.4 Å². The minimum Gasteiger partial charge on any atom is -0.459 e. The fourth-order valence-corrected chi connectivity index (χ4v) is 3.57. The van der Waals surface area contributed by atoms with E-state index in [-0.39, 0.29) is 35.9 Å². The van der Waals surface area contributed by atoms with E-state index in [1.807, 2.05) is 0 Å². The fraction of sp³-hybridized carbons (Fsp3) is 0.615. The van der Waals surface area contributed by atoms with Gasteiger partial charge in [0.25, 0.3) is 0 Å². The van der Waals surface area contributed by atoms with Crippen molar-refractivity contribution in [2.75, 3.05) is 5.73 Å². The van der Waals surface area contributed by atoms with Crippen molar-refractivity contribution in [1.29, 1.82) is 0 Å². The van der Waals surface area contributed by atoms with E-state index in [2.05, 4.69) is 0 Å². The lowest BCUT2D eigenvalue weighted by atomic mass is 9.86. The Morgan fingerprint density at radius 1 is 1.45 bits per heavy atom. The first-order chi connectivity index (χ1) is 9.20. The molecule has 1 heterocycles. The monoisotopic (exact) mass is 307 g/mol. The Hall–Kier alpha value is -1.24. The molecule has 0 radical (unpaired) electrons. The van der Waals surface area contributed by atoms with Gasteiger partial charge >= 0.3 is 12.1 Å². The van der Waals surface area contributed by atoms with Gasteiger partial charge in [0, 0.05) is 4.88 Å². The average Bonchev–Trinajstić information content (AvgIpc) is 2.61. The molecule has 1 aromatic rings. The Kier molecular flexibility index (Phi) is 4.00. The molecule has 1 atom stereocenters. The zero-order chi connectivity index (χ0) is 15.1. The number of nitrogens with two attached hydrogens (primary N) is 1. The van der Waals surface area contributed by atoms with E-state index >= 15 is 0 Å². The molecule has 20 heavy (non-hydrogen) atoms. The van der Waals surface area contributed by atoms with Gasteiger partial charge in [0.05, 0.1) is 17.6 Å². The second-order valence-electron chi connectivity index (χ2n) is 5.18. The number of alkyl halides is 3. The van der Waals surface area contributed by atoms with Gasteiger partial charge in [0.15, 0.2) is 0 Å². The van der Waals surface area contributed by atoms with E-state index in [0.717, 1.165) is 11.3 Å². The number of anilines is 1. The molecule has 0 bridgehead atoms. The topological polar surface area (TPSA) is 52.3 Å². The minimum absolute atomic E-state index is 0.00533. The number of hydrogen-bond acceptors (Lipinski definition) is 4. The highest BCUT2D eigenvalue weighted by Crippen LogP contribution is 2.43. The Labute approximate surface area is 118 Å². The normalized spacial score (nSPS) is 19.0. The predicted molar refractivity (Wildman–Crippen MR) is 70.9 cm³/mol. The van der Waals surface area contributed by atoms with Crippen molar-refractivity contribution in [1.82, 2.24) is 0 Å². The SMILES string of the molecule is CC(C)OC(=O)c1c(N)sc2c1CCC(C(F)(F)F)C2. The molecule has 0 aromatic carbocycles. The molecule has 1 unspecified atom stereocenters. The van der Waals surface area contributed by atoms with Gasteiger partial charge in [-0.05, 0) is 38.7 Å². The lowest BCUT2D eigenvalue weighted by Gasteiger charge is -2.24. The molecule has 0 saturated carbocycles. The molecule has 0 aliphatic heterocycles. The Bertz CT molecular complexity index is 522. The average molecular weight is 307 g/mol. The van der Waals surface area contributed by atoms with Gasteiger partial charge in [-0.25, -0.2) is 4.79 Å². The van der Waals surface area contributed by atoms with Crippen molar-refractivity contribution in [3.63, 3.8) is 0 Å². The van der Waals surface area contributed by atoms with Gasteiger partial charge in [-0.1, -0.05) is 0 Å². The lowest BCUT2D eigenvalue weighted by molar-refractivity contribution is -0.176. The smallest absolute Gasteiger partial charge is 0.392 e. The standard InChI is InChI=1S/C13H16F3NO2S/c1-6(2)19-12(18)10-8-4-3-7(13(14,15)16)5-9(8)20-11(10)17/h6-7H,3-5,17H2,1-2H3. The summed E-state index contributed by atoms with van der Waals surface area (Å²) in [6, 6.07) is 0. The highest BCUT2D eigenvalue weighted by molar-refractivity contribution is 7.16. The van der Waals surface area contributed by atoms with Crippen LogP contribution in [0.3, 0.4) is 0 Å². The lowest BCUT2D eigenvalue weighted by Crippen LogP contribution is -2.28. The summed E-state index contributed by atoms with van der Waals surface area (Å²) in [5.74, 6) is -1.89. The summed E-state index contributed by atoms with van der Waals surface area (Å²) in [5, 5.41) is 0.253. The summed E-state index contributed by atoms with van der Waals surface area (Å²) in [7, 11) is 0. The Morgan fingerprint density at radius 3 is 2.65 bits per heavy atom. The summed E-state index contributed by atoms with van der Waals surface area (Å²) < 4.78 is 43.4. The third-order valence-electron chi connectivity index (χ3n) is 3.30. The quantitative estimate of drug-likeness (QED) is 0.850. The van der Waals surface area contributed by atoms with Crippen LogP contribution in [-0.2, 0) is 17.6 Å². The Balaban J connectivity index is 2.28. The van der Waals surface area contributed by atoms with E-state index < -0.39 is 18.1 Å². The van der Waals surface area contributed by atoms with Gasteiger partial charge in [-0.3, -0.25) is 0 Å². The second-order valence-corrected chi connectivity index (χ2v) is 6.32. The van der Waals surface area contributed by atoms with Crippen LogP contribution in [0.5, 0.6) is 0 Å². The van der Waals surface area contributed by atoms with Crippen LogP contribution in [0.4, 0.5) is 18.2 Å². The second kappa shape index (κ2) is 5.27. The van der Waals surface area contributed by atoms with Crippen molar-refractivity contribution < 1.29 is 22.7 Å². The maximum atomic E-state index is 12.8. The molecule has 0 amide bonds. The maximum Gasteiger partial charge on any atom is 0.392 e. The molecular weight excluding hydrogens is 291 g/mol. The van der Waals surface area contributed by atoms with Crippen LogP contribution in [0, 0.1) is 5.92 Å². The molecule has 0 spiro atoms. The van der Waals surface area contributed by atoms with E-state index in [1.54, 1.807) is 13.8 Å². The number of carbonyl (C=O) groups excluding carboxylic acids is 1. The first-order valence-corrected chi connectivity index (χ1v) is 7.19. The molecule has 1 aliphatic carbocycles. The number of thiophene rings is 1. The summed E-state index contributed by atoms with van der Waals surface area (Å²) >= 11 is 1.07. The molecule has 2 rings (SSSR count). The number of ether oxygens (including phenoxy) is 1. The number of rotatable bonds is 2. The highest BCUT2D eigenvalue weighted by Gasteiger charge is 2.43. The van der Waals surface area contributed by atoms with Crippen molar-refractivity contribution >= 4 is 22.3 Å². The summed E-state index contributed by atoms with van der Waals surface area (Å²) in [6.07, 6.45) is -4.37. The summed E-state index contributed by atoms with van der Waals surface area (Å²) in [6.45, 7) is 3.43. The van der Waals surface area contributed by atoms with Crippen LogP contribution in [0.15, 0.2) is 0 Å². The first kappa shape index (κ1) is 15.2. The first-order valence-electron chi connectivity index (χ1n) is 6.37. The van der Waals surface area contributed by atoms with Gasteiger partial charge in [0.1, 0.15) is 5.00 Å². The maximum absolute atomic E-state index is 12.8. The molecule has 1 aliphatic rings. The molecule has 112 valence electrons. The Morgan fingerprint density at radius 2 is 2.10 bits per heavy atom. The van der Waals surface area contributed by atoms with Crippen LogP contribution in [0.25, 0.3) is 0 Å². The van der Waals surface area contributed by atoms with Gasteiger partial charge in [0.2, 0.25) is 0 Å². The zero-order valence-corrected chi connectivity index (χ0v) is 12.0. The zero-order valence-electron chi connectivity index (χ0n) is 11.2. The third-order valence-corrected chi connectivity index (χ3v) is 4.39. The van der Waals surface area contributed by atoms with Gasteiger partial charge < -0.3 is 10.5 Å². The highest BCUT2D eigenvalue weighted by atomic mass is 32.1. The predicted octanol–water partition coefficient (Wildman–Crippen LogP) is 3.56. The van der Waals surface area contributed by atoms with Crippen molar-refractivity contribution in [3.8, 4) is 0 Å². The molecule has 1 aromatic heterocycles. The van der Waals surface area contributed by atoms with E-state index in [9.17, 15) is 18.0 Å². The molecule has 2 N–H and O–H groups in total. The van der Waals surface area contributed by atoms with Crippen molar-refractivity contribution in [2.24, 2.45) is 5.92 Å². The van der Waals surface area contributed by atoms with Gasteiger partial charge in [-0.2, -0.15) is 13.2 Å². The van der Waals surface area contributed by atoms with E-state index in [1.165, 1.54) is 0 Å². The molecule has 0 saturated heterocycles. The summed E-state index contributed by atoms with van der Waals surface area (Å²) in [5.41, 5.74) is 6.69. The largest absolute Gasteiger partial charge is 0.459 e. The number of nitrogen functional groups attached to an aromatic ring is 1. The molecule has 0 fully saturated rings. The van der Waals surface area contributed by atoms with Crippen LogP contribution < -0.4 is 5.73 Å².